The van der Waals surface area contributed by atoms with Gasteiger partial charge in [-0.2, -0.15) is 0 Å². The molecule has 2 N–H and O–H groups in total. The molecule has 1 aliphatic rings. The lowest BCUT2D eigenvalue weighted by Crippen LogP contribution is -2.46. The van der Waals surface area contributed by atoms with Crippen LogP contribution >= 0.6 is 11.3 Å². The highest BCUT2D eigenvalue weighted by Gasteiger charge is 2.23. The zero-order valence-electron chi connectivity index (χ0n) is 16.2. The smallest absolute Gasteiger partial charge is 0.191 e. The fourth-order valence-electron chi connectivity index (χ4n) is 3.15. The van der Waals surface area contributed by atoms with Gasteiger partial charge in [0.1, 0.15) is 0 Å². The van der Waals surface area contributed by atoms with Crippen LogP contribution in [0.3, 0.4) is 0 Å². The number of hydrogen-bond acceptors (Lipinski definition) is 4. The van der Waals surface area contributed by atoms with Crippen molar-refractivity contribution < 1.29 is 4.74 Å². The van der Waals surface area contributed by atoms with Crippen LogP contribution in [0.25, 0.3) is 0 Å². The molecule has 0 radical (unpaired) electrons. The van der Waals surface area contributed by atoms with Crippen LogP contribution in [-0.4, -0.2) is 64.3 Å². The van der Waals surface area contributed by atoms with Crippen LogP contribution in [0.4, 0.5) is 0 Å². The summed E-state index contributed by atoms with van der Waals surface area (Å²) >= 11 is 1.82. The number of ether oxygens (including phenoxy) is 1. The molecular formula is C19H34N4OS. The summed E-state index contributed by atoms with van der Waals surface area (Å²) in [6, 6.07) is 4.33. The third-order valence-electron chi connectivity index (χ3n) is 4.99. The molecule has 0 atom stereocenters. The van der Waals surface area contributed by atoms with Gasteiger partial charge in [-0.3, -0.25) is 4.99 Å². The molecule has 0 spiro atoms. The number of aliphatic imine (C=N–C) groups is 1. The standard InChI is InChI=1S/C19H34N4OS/c1-19(2,17-6-5-13-25-17)15-22-18(20-3)21-14-16-7-9-23(10-8-16)11-12-24-4/h5-6,13,16H,7-12,14-15H2,1-4H3,(H2,20,21,22). The van der Waals surface area contributed by atoms with Crippen molar-refractivity contribution in [1.29, 1.82) is 0 Å². The van der Waals surface area contributed by atoms with E-state index in [2.05, 4.69) is 51.9 Å². The van der Waals surface area contributed by atoms with Crippen LogP contribution in [0.1, 0.15) is 31.6 Å². The summed E-state index contributed by atoms with van der Waals surface area (Å²) in [6.45, 7) is 10.7. The van der Waals surface area contributed by atoms with E-state index in [1.807, 2.05) is 18.4 Å². The summed E-state index contributed by atoms with van der Waals surface area (Å²) in [5, 5.41) is 9.15. The van der Waals surface area contributed by atoms with E-state index in [0.717, 1.165) is 38.1 Å². The quantitative estimate of drug-likeness (QED) is 0.548. The predicted molar refractivity (Wildman–Crippen MR) is 108 cm³/mol. The molecule has 0 bridgehead atoms. The Hall–Kier alpha value is -1.11. The minimum Gasteiger partial charge on any atom is -0.383 e. The molecule has 2 heterocycles. The van der Waals surface area contributed by atoms with Crippen LogP contribution in [0, 0.1) is 5.92 Å². The molecule has 25 heavy (non-hydrogen) atoms. The van der Waals surface area contributed by atoms with Crippen molar-refractivity contribution in [3.63, 3.8) is 0 Å². The van der Waals surface area contributed by atoms with Gasteiger partial charge >= 0.3 is 0 Å². The molecule has 1 aromatic rings. The first kappa shape index (κ1) is 20.2. The Labute approximate surface area is 156 Å². The van der Waals surface area contributed by atoms with Crippen molar-refractivity contribution in [2.24, 2.45) is 10.9 Å². The summed E-state index contributed by atoms with van der Waals surface area (Å²) in [5.74, 6) is 1.63. The summed E-state index contributed by atoms with van der Waals surface area (Å²) in [4.78, 5) is 8.28. The van der Waals surface area contributed by atoms with E-state index < -0.39 is 0 Å². The molecule has 2 rings (SSSR count). The van der Waals surface area contributed by atoms with Gasteiger partial charge in [0, 0.05) is 44.1 Å². The number of methoxy groups -OCH3 is 1. The largest absolute Gasteiger partial charge is 0.383 e. The number of nitrogens with one attached hydrogen (secondary N) is 2. The summed E-state index contributed by atoms with van der Waals surface area (Å²) < 4.78 is 5.17. The maximum absolute atomic E-state index is 5.17. The van der Waals surface area contributed by atoms with Crippen LogP contribution < -0.4 is 10.6 Å². The van der Waals surface area contributed by atoms with Crippen LogP contribution in [0.2, 0.25) is 0 Å². The molecule has 0 saturated carbocycles. The Kier molecular flexibility index (Phi) is 8.19. The fourth-order valence-corrected chi connectivity index (χ4v) is 4.00. The van der Waals surface area contributed by atoms with Crippen molar-refractivity contribution in [3.05, 3.63) is 22.4 Å². The molecule has 0 aliphatic carbocycles. The second-order valence-corrected chi connectivity index (χ2v) is 8.39. The highest BCUT2D eigenvalue weighted by atomic mass is 32.1. The topological polar surface area (TPSA) is 48.9 Å². The van der Waals surface area contributed by atoms with E-state index >= 15 is 0 Å². The maximum atomic E-state index is 5.17. The average molecular weight is 367 g/mol. The van der Waals surface area contributed by atoms with Crippen molar-refractivity contribution >= 4 is 17.3 Å². The summed E-state index contributed by atoms with van der Waals surface area (Å²) in [5.41, 5.74) is 0.110. The molecule has 0 aromatic carbocycles. The first-order valence-electron chi connectivity index (χ1n) is 9.25. The first-order valence-corrected chi connectivity index (χ1v) is 10.1. The van der Waals surface area contributed by atoms with Gasteiger partial charge < -0.3 is 20.3 Å². The number of thiophene rings is 1. The second-order valence-electron chi connectivity index (χ2n) is 7.45. The number of rotatable bonds is 8. The van der Waals surface area contributed by atoms with E-state index in [4.69, 9.17) is 4.74 Å². The summed E-state index contributed by atoms with van der Waals surface area (Å²) in [7, 11) is 3.62. The fraction of sp³-hybridized carbons (Fsp3) is 0.737. The predicted octanol–water partition coefficient (Wildman–Crippen LogP) is 2.55. The lowest BCUT2D eigenvalue weighted by molar-refractivity contribution is 0.121. The number of nitrogens with zero attached hydrogens (tertiary/aromatic N) is 2. The summed E-state index contributed by atoms with van der Waals surface area (Å²) in [6.07, 6.45) is 2.49. The van der Waals surface area contributed by atoms with Crippen LogP contribution in [0.5, 0.6) is 0 Å². The second kappa shape index (κ2) is 10.1. The zero-order chi connectivity index (χ0) is 18.1. The lowest BCUT2D eigenvalue weighted by atomic mass is 9.91. The number of piperidine rings is 1. The third kappa shape index (κ3) is 6.60. The number of likely N-dealkylation sites (tertiary alicyclic amines) is 1. The molecule has 0 unspecified atom stereocenters. The molecule has 5 nitrogen and oxygen atoms in total. The third-order valence-corrected chi connectivity index (χ3v) is 6.22. The average Bonchev–Trinajstić information content (AvgIpc) is 3.16. The van der Waals surface area contributed by atoms with Crippen molar-refractivity contribution in [1.82, 2.24) is 15.5 Å². The SMILES string of the molecule is CN=C(NCC1CCN(CCOC)CC1)NCC(C)(C)c1cccs1. The van der Waals surface area contributed by atoms with Gasteiger partial charge in [0.2, 0.25) is 0 Å². The Morgan fingerprint density at radius 2 is 2.12 bits per heavy atom. The Morgan fingerprint density at radius 3 is 2.72 bits per heavy atom. The number of hydrogen-bond donors (Lipinski definition) is 2. The molecule has 142 valence electrons. The molecule has 1 aliphatic heterocycles. The van der Waals surface area contributed by atoms with Crippen LogP contribution in [0.15, 0.2) is 22.5 Å². The van der Waals surface area contributed by atoms with Gasteiger partial charge in [-0.1, -0.05) is 19.9 Å². The highest BCUT2D eigenvalue weighted by molar-refractivity contribution is 7.10. The molecule has 1 fully saturated rings. The lowest BCUT2D eigenvalue weighted by Gasteiger charge is -2.32. The van der Waals surface area contributed by atoms with Crippen molar-refractivity contribution in [2.75, 3.05) is 53.5 Å². The van der Waals surface area contributed by atoms with E-state index in [9.17, 15) is 0 Å². The normalized spacial score (nSPS) is 17.7. The van der Waals surface area contributed by atoms with E-state index in [1.54, 1.807) is 7.11 Å². The zero-order valence-corrected chi connectivity index (χ0v) is 17.0. The Bertz CT molecular complexity index is 508. The van der Waals surface area contributed by atoms with E-state index in [0.29, 0.717) is 0 Å². The molecular weight excluding hydrogens is 332 g/mol. The minimum absolute atomic E-state index is 0.110. The molecule has 6 heteroatoms. The molecule has 0 amide bonds. The Balaban J connectivity index is 1.69. The first-order chi connectivity index (χ1) is 12.0. The maximum Gasteiger partial charge on any atom is 0.191 e. The molecule has 1 saturated heterocycles. The van der Waals surface area contributed by atoms with Crippen molar-refractivity contribution in [2.45, 2.75) is 32.1 Å². The minimum atomic E-state index is 0.110. The van der Waals surface area contributed by atoms with Gasteiger partial charge in [0.15, 0.2) is 5.96 Å². The van der Waals surface area contributed by atoms with Gasteiger partial charge in [-0.25, -0.2) is 0 Å². The number of guanidine groups is 1. The Morgan fingerprint density at radius 1 is 1.36 bits per heavy atom. The highest BCUT2D eigenvalue weighted by Crippen LogP contribution is 2.26. The van der Waals surface area contributed by atoms with Crippen LogP contribution in [-0.2, 0) is 10.2 Å². The van der Waals surface area contributed by atoms with E-state index in [-0.39, 0.29) is 5.41 Å². The van der Waals surface area contributed by atoms with E-state index in [1.165, 1.54) is 30.8 Å². The molecule has 1 aromatic heterocycles. The van der Waals surface area contributed by atoms with Gasteiger partial charge in [-0.05, 0) is 43.3 Å². The monoisotopic (exact) mass is 366 g/mol. The van der Waals surface area contributed by atoms with Gasteiger partial charge in [0.25, 0.3) is 0 Å². The van der Waals surface area contributed by atoms with Crippen molar-refractivity contribution in [3.8, 4) is 0 Å². The van der Waals surface area contributed by atoms with Gasteiger partial charge in [-0.15, -0.1) is 11.3 Å². The van der Waals surface area contributed by atoms with Gasteiger partial charge in [0.05, 0.1) is 6.61 Å².